The van der Waals surface area contributed by atoms with Crippen molar-refractivity contribution in [3.05, 3.63) is 0 Å². The Kier molecular flexibility index (Phi) is 16.0. The van der Waals surface area contributed by atoms with Gasteiger partial charge in [0, 0.05) is 0 Å². The minimum atomic E-state index is 0.0747. The molecule has 0 aliphatic carbocycles. The van der Waals surface area contributed by atoms with E-state index < -0.39 is 0 Å². The van der Waals surface area contributed by atoms with Crippen molar-refractivity contribution in [1.82, 2.24) is 0 Å². The van der Waals surface area contributed by atoms with Crippen molar-refractivity contribution in [1.29, 1.82) is 0 Å². The molecule has 19 heavy (non-hydrogen) atoms. The number of hydrogen-bond acceptors (Lipinski definition) is 0. The summed E-state index contributed by atoms with van der Waals surface area (Å²) in [5, 5.41) is 0. The van der Waals surface area contributed by atoms with Crippen LogP contribution in [0.1, 0.15) is 0 Å². The molecular weight excluding hydrogens is 1720 g/mol. The highest BCUT2D eigenvalue weighted by Gasteiger charge is 2.73. The van der Waals surface area contributed by atoms with E-state index in [0.29, 0.717) is 1.93 Å². The molecule has 0 amide bonds. The van der Waals surface area contributed by atoms with Gasteiger partial charge >= 0.3 is 0 Å². The Morgan fingerprint density at radius 3 is 0.789 bits per heavy atom. The van der Waals surface area contributed by atoms with Crippen molar-refractivity contribution >= 4 is 294 Å². The lowest BCUT2D eigenvalue weighted by Crippen LogP contribution is -2.67. The van der Waals surface area contributed by atoms with Gasteiger partial charge < -0.3 is 0 Å². The molecule has 0 spiro atoms. The van der Waals surface area contributed by atoms with Crippen molar-refractivity contribution < 1.29 is 0 Å². The first kappa shape index (κ1) is 28.5. The molecule has 0 bridgehead atoms. The fourth-order valence-corrected chi connectivity index (χ4v) is 25.6. The first-order chi connectivity index (χ1) is 7.94. The van der Waals surface area contributed by atoms with Crippen LogP contribution in [0, 0.1) is 0 Å². The molecule has 0 aliphatic rings. The second kappa shape index (κ2) is 10.7. The van der Waals surface area contributed by atoms with Crippen LogP contribution in [0.2, 0.25) is 0 Å². The number of hydrogen-bond donors (Lipinski definition) is 0. The van der Waals surface area contributed by atoms with Crippen LogP contribution in [0.4, 0.5) is 0 Å². The Morgan fingerprint density at radius 1 is 0.474 bits per heavy atom. The highest BCUT2D eigenvalue weighted by Crippen LogP contribution is 2.75. The molecule has 0 fully saturated rings. The van der Waals surface area contributed by atoms with Crippen LogP contribution in [0.3, 0.4) is 0 Å². The van der Waals surface area contributed by atoms with E-state index >= 15 is 0 Å². The summed E-state index contributed by atoms with van der Waals surface area (Å²) in [6.45, 7) is 0. The summed E-state index contributed by atoms with van der Waals surface area (Å²) in [5.41, 5.74) is 0. The van der Waals surface area contributed by atoms with Crippen molar-refractivity contribution in [2.24, 2.45) is 0 Å². The Morgan fingerprint density at radius 2 is 0.737 bits per heavy atom. The van der Waals surface area contributed by atoms with Gasteiger partial charge in [-0.3, -0.25) is 0 Å². The third kappa shape index (κ3) is 6.74. The lowest BCUT2D eigenvalue weighted by Gasteiger charge is -2.56. The van der Waals surface area contributed by atoms with E-state index in [4.69, 9.17) is 0 Å². The molecule has 0 saturated carbocycles. The smallest absolute Gasteiger partial charge is 0.0719 e. The predicted octanol–water partition coefficient (Wildman–Crippen LogP) is 10.4. The summed E-state index contributed by atoms with van der Waals surface area (Å²) >= 11 is 34.1. The molecular formula is C6HI13. The molecule has 0 radical (unpaired) electrons. The van der Waals surface area contributed by atoms with Crippen LogP contribution >= 0.6 is 294 Å². The van der Waals surface area contributed by atoms with Crippen LogP contribution in [-0.2, 0) is 0 Å². The third-order valence-corrected chi connectivity index (χ3v) is 28.7. The van der Waals surface area contributed by atoms with Crippen LogP contribution < -0.4 is 0 Å². The summed E-state index contributed by atoms with van der Waals surface area (Å²) in [7, 11) is 0. The van der Waals surface area contributed by atoms with Crippen molar-refractivity contribution in [2.75, 3.05) is 0 Å². The van der Waals surface area contributed by atoms with Gasteiger partial charge in [0.05, 0.1) is 5.35 Å². The normalized spacial score (nSPS) is 18.6. The minimum Gasteiger partial charge on any atom is -0.0719 e. The second-order valence-corrected chi connectivity index (χ2v) is 44.5. The molecule has 0 N–H and O–H groups in total. The molecule has 1 unspecified atom stereocenters. The van der Waals surface area contributed by atoms with E-state index in [1.54, 1.807) is 0 Å². The zero-order valence-corrected chi connectivity index (χ0v) is 36.0. The maximum absolute atomic E-state index is 2.73. The van der Waals surface area contributed by atoms with E-state index in [2.05, 4.69) is 294 Å². The number of alkyl halides is 13. The Balaban J connectivity index is 6.45. The Bertz CT molecular complexity index is 303. The molecule has 0 aromatic carbocycles. The summed E-state index contributed by atoms with van der Waals surface area (Å²) in [5.74, 6) is 0. The molecule has 116 valence electrons. The number of rotatable bonds is 5. The fraction of sp³-hybridized carbons (Fsp3) is 1.00. The van der Waals surface area contributed by atoms with E-state index in [1.807, 2.05) is 0 Å². The van der Waals surface area contributed by atoms with Gasteiger partial charge in [0.15, 0.2) is 0 Å². The second-order valence-electron chi connectivity index (χ2n) is 3.16. The topological polar surface area (TPSA) is 0 Å². The van der Waals surface area contributed by atoms with Crippen LogP contribution in [0.15, 0.2) is 0 Å². The van der Waals surface area contributed by atoms with E-state index in [-0.39, 0.29) is 5.15 Å². The minimum absolute atomic E-state index is 0.0747. The maximum Gasteiger partial charge on any atom is 0.143 e. The largest absolute Gasteiger partial charge is 0.143 e. The molecule has 0 rings (SSSR count). The highest BCUT2D eigenvalue weighted by molar-refractivity contribution is 14.3. The quantitative estimate of drug-likeness (QED) is 0.190. The molecule has 0 aliphatic heterocycles. The van der Waals surface area contributed by atoms with Gasteiger partial charge in [0.2, 0.25) is 0 Å². The van der Waals surface area contributed by atoms with Gasteiger partial charge in [-0.05, 0) is 0 Å². The Hall–Kier alpha value is 9.49. The Labute approximate surface area is 291 Å². The van der Waals surface area contributed by atoms with E-state index in [1.165, 1.54) is 0 Å². The zero-order chi connectivity index (χ0) is 16.1. The summed E-state index contributed by atoms with van der Waals surface area (Å²) in [4.78, 5) is 0. The standard InChI is InChI=1S/C6HI13/c7-1(8)2(9,4(11,12)13)3(10,5(14,15)16)6(17,18)19/h1H. The fourth-order valence-electron chi connectivity index (χ4n) is 1.04. The first-order valence-corrected chi connectivity index (χ1v) is 18.2. The van der Waals surface area contributed by atoms with E-state index in [0.717, 1.165) is 0 Å². The monoisotopic (exact) mass is 1720 g/mol. The molecule has 0 aromatic rings. The van der Waals surface area contributed by atoms with Crippen LogP contribution in [0.5, 0.6) is 0 Å². The molecule has 0 saturated heterocycles. The van der Waals surface area contributed by atoms with Crippen LogP contribution in [0.25, 0.3) is 0 Å². The lowest BCUT2D eigenvalue weighted by atomic mass is 10.00. The highest BCUT2D eigenvalue weighted by atomic mass is 127. The van der Waals surface area contributed by atoms with Gasteiger partial charge in [-0.1, -0.05) is 294 Å². The van der Waals surface area contributed by atoms with Crippen LogP contribution in [-0.4, -0.2) is 7.08 Å². The van der Waals surface area contributed by atoms with Gasteiger partial charge in [-0.15, -0.1) is 0 Å². The van der Waals surface area contributed by atoms with Crippen molar-refractivity contribution in [2.45, 2.75) is 7.08 Å². The average molecular weight is 1720 g/mol. The number of halogens is 13. The van der Waals surface area contributed by atoms with E-state index in [9.17, 15) is 0 Å². The van der Waals surface area contributed by atoms with Gasteiger partial charge in [-0.2, -0.15) is 0 Å². The van der Waals surface area contributed by atoms with Gasteiger partial charge in [0.1, 0.15) is 1.73 Å². The van der Waals surface area contributed by atoms with Crippen molar-refractivity contribution in [3.8, 4) is 0 Å². The van der Waals surface area contributed by atoms with Gasteiger partial charge in [0.25, 0.3) is 0 Å². The average Bonchev–Trinajstić information content (AvgIpc) is 2.09. The zero-order valence-electron chi connectivity index (χ0n) is 7.99. The molecule has 0 aromatic heterocycles. The molecule has 1 atom stereocenters. The van der Waals surface area contributed by atoms with Crippen molar-refractivity contribution in [3.63, 3.8) is 0 Å². The summed E-state index contributed by atoms with van der Waals surface area (Å²) in [6.07, 6.45) is 0. The molecule has 0 heterocycles. The molecule has 13 heteroatoms. The predicted molar refractivity (Wildman–Crippen MR) is 200 cm³/mol. The van der Waals surface area contributed by atoms with Gasteiger partial charge in [-0.25, -0.2) is 0 Å². The SMILES string of the molecule is IC(I)C(I)(C(I)(I)I)C(I)(C(I)(I)I)C(I)(I)I. The maximum atomic E-state index is 2.73. The lowest BCUT2D eigenvalue weighted by molar-refractivity contribution is 0.613. The molecule has 0 nitrogen and oxygen atoms in total. The summed E-state index contributed by atoms with van der Waals surface area (Å²) in [6, 6.07) is 0. The summed E-state index contributed by atoms with van der Waals surface area (Å²) < 4.78 is 1.02. The first-order valence-electron chi connectivity index (χ1n) is 3.80. The third-order valence-electron chi connectivity index (χ3n) is 2.00.